The van der Waals surface area contributed by atoms with Crippen LogP contribution in [0.5, 0.6) is 0 Å². The van der Waals surface area contributed by atoms with Crippen LogP contribution in [0.1, 0.15) is 41.0 Å². The molecule has 130 valence electrons. The van der Waals surface area contributed by atoms with Crippen LogP contribution in [0.15, 0.2) is 18.2 Å². The zero-order chi connectivity index (χ0) is 18.5. The van der Waals surface area contributed by atoms with Gasteiger partial charge >= 0.3 is 0 Å². The van der Waals surface area contributed by atoms with Crippen molar-refractivity contribution in [2.24, 2.45) is 0 Å². The first-order chi connectivity index (χ1) is 11.7. The summed E-state index contributed by atoms with van der Waals surface area (Å²) in [6.45, 7) is 2.56. The minimum atomic E-state index is -1.73. The summed E-state index contributed by atoms with van der Waals surface area (Å²) in [7, 11) is 0. The third kappa shape index (κ3) is 2.40. The van der Waals surface area contributed by atoms with Crippen molar-refractivity contribution < 1.29 is 29.1 Å². The van der Waals surface area contributed by atoms with Crippen LogP contribution in [0.4, 0.5) is 5.69 Å². The molecule has 1 aromatic carbocycles. The number of carbonyl (C=O) groups is 5. The zero-order valence-corrected chi connectivity index (χ0v) is 13.5. The highest BCUT2D eigenvalue weighted by Crippen LogP contribution is 2.36. The summed E-state index contributed by atoms with van der Waals surface area (Å²) in [6, 6.07) is 4.38. The van der Waals surface area contributed by atoms with E-state index >= 15 is 0 Å². The summed E-state index contributed by atoms with van der Waals surface area (Å²) in [5, 5.41) is 14.2. The van der Waals surface area contributed by atoms with Gasteiger partial charge in [-0.05, 0) is 19.1 Å². The van der Waals surface area contributed by atoms with Gasteiger partial charge in [-0.15, -0.1) is 0 Å². The van der Waals surface area contributed by atoms with Gasteiger partial charge in [0.2, 0.25) is 5.91 Å². The predicted octanol–water partition coefficient (Wildman–Crippen LogP) is -0.593. The van der Waals surface area contributed by atoms with E-state index in [-0.39, 0.29) is 16.8 Å². The number of aliphatic hydroxyl groups is 1. The monoisotopic (exact) mass is 345 g/mol. The van der Waals surface area contributed by atoms with E-state index in [1.807, 2.05) is 5.32 Å². The fraction of sp³-hybridized carbons (Fsp3) is 0.312. The van der Waals surface area contributed by atoms with Crippen molar-refractivity contribution in [2.45, 2.75) is 31.9 Å². The highest BCUT2D eigenvalue weighted by molar-refractivity contribution is 6.26. The number of nitrogens with zero attached hydrogens (tertiary/aromatic N) is 1. The maximum absolute atomic E-state index is 12.9. The van der Waals surface area contributed by atoms with Crippen LogP contribution in [0.3, 0.4) is 0 Å². The number of amides is 5. The number of aliphatic hydroxyl groups excluding tert-OH is 1. The normalized spacial score (nSPS) is 25.7. The quantitative estimate of drug-likeness (QED) is 0.614. The Labute approximate surface area is 142 Å². The van der Waals surface area contributed by atoms with Crippen molar-refractivity contribution in [3.05, 3.63) is 29.3 Å². The minimum Gasteiger partial charge on any atom is -0.383 e. The van der Waals surface area contributed by atoms with Crippen molar-refractivity contribution >= 4 is 35.2 Å². The van der Waals surface area contributed by atoms with Gasteiger partial charge in [0.25, 0.3) is 23.6 Å². The maximum atomic E-state index is 12.9. The van der Waals surface area contributed by atoms with Crippen LogP contribution < -0.4 is 10.6 Å². The van der Waals surface area contributed by atoms with E-state index in [1.165, 1.54) is 32.0 Å². The molecular formula is C16H15N3O6. The minimum absolute atomic E-state index is 0.0249. The second-order valence-electron chi connectivity index (χ2n) is 6.17. The highest BCUT2D eigenvalue weighted by Gasteiger charge is 2.55. The van der Waals surface area contributed by atoms with E-state index in [4.69, 9.17) is 0 Å². The van der Waals surface area contributed by atoms with E-state index in [9.17, 15) is 29.1 Å². The Morgan fingerprint density at radius 3 is 2.60 bits per heavy atom. The first kappa shape index (κ1) is 16.8. The lowest BCUT2D eigenvalue weighted by atomic mass is 9.87. The van der Waals surface area contributed by atoms with Crippen molar-refractivity contribution in [3.8, 4) is 0 Å². The number of hydrogen-bond donors (Lipinski definition) is 3. The molecular weight excluding hydrogens is 330 g/mol. The molecule has 1 aromatic rings. The molecule has 1 saturated heterocycles. The number of imide groups is 2. The van der Waals surface area contributed by atoms with Crippen LogP contribution >= 0.6 is 0 Å². The summed E-state index contributed by atoms with van der Waals surface area (Å²) in [5.74, 6) is -3.65. The van der Waals surface area contributed by atoms with Crippen LogP contribution in [-0.2, 0) is 14.4 Å². The van der Waals surface area contributed by atoms with Gasteiger partial charge in [0.05, 0.1) is 16.8 Å². The molecule has 9 nitrogen and oxygen atoms in total. The molecule has 0 bridgehead atoms. The van der Waals surface area contributed by atoms with Crippen molar-refractivity contribution in [1.82, 2.24) is 10.2 Å². The molecule has 2 aliphatic rings. The SMILES string of the molecule is CC(=O)Nc1cccc2c1C(=O)N(C1(C)CC(O)C(=O)NC1=O)C2=O. The number of fused-ring (bicyclic) bond motifs is 1. The summed E-state index contributed by atoms with van der Waals surface area (Å²) >= 11 is 0. The number of hydrogen-bond acceptors (Lipinski definition) is 6. The first-order valence-electron chi connectivity index (χ1n) is 7.49. The predicted molar refractivity (Wildman–Crippen MR) is 83.4 cm³/mol. The third-order valence-electron chi connectivity index (χ3n) is 4.34. The highest BCUT2D eigenvalue weighted by atomic mass is 16.3. The van der Waals surface area contributed by atoms with E-state index in [0.717, 1.165) is 4.90 Å². The molecule has 25 heavy (non-hydrogen) atoms. The second kappa shape index (κ2) is 5.49. The summed E-state index contributed by atoms with van der Waals surface area (Å²) in [5.41, 5.74) is -1.56. The van der Waals surface area contributed by atoms with Crippen molar-refractivity contribution in [3.63, 3.8) is 0 Å². The van der Waals surface area contributed by atoms with E-state index in [0.29, 0.717) is 0 Å². The summed E-state index contributed by atoms with van der Waals surface area (Å²) in [6.07, 6.45) is -1.93. The molecule has 2 atom stereocenters. The van der Waals surface area contributed by atoms with Crippen LogP contribution in [-0.4, -0.2) is 51.2 Å². The largest absolute Gasteiger partial charge is 0.383 e. The molecule has 0 spiro atoms. The number of nitrogens with one attached hydrogen (secondary N) is 2. The molecule has 0 saturated carbocycles. The first-order valence-corrected chi connectivity index (χ1v) is 7.49. The van der Waals surface area contributed by atoms with Crippen molar-refractivity contribution in [2.75, 3.05) is 5.32 Å². The second-order valence-corrected chi connectivity index (χ2v) is 6.17. The molecule has 5 amide bonds. The van der Waals surface area contributed by atoms with Gasteiger partial charge in [-0.2, -0.15) is 0 Å². The van der Waals surface area contributed by atoms with Crippen molar-refractivity contribution in [1.29, 1.82) is 0 Å². The summed E-state index contributed by atoms with van der Waals surface area (Å²) < 4.78 is 0. The Kier molecular flexibility index (Phi) is 3.68. The average molecular weight is 345 g/mol. The van der Waals surface area contributed by atoms with Crippen LogP contribution in [0.2, 0.25) is 0 Å². The van der Waals surface area contributed by atoms with E-state index in [2.05, 4.69) is 5.32 Å². The Balaban J connectivity index is 2.07. The fourth-order valence-electron chi connectivity index (χ4n) is 3.11. The number of carbonyl (C=O) groups excluding carboxylic acids is 5. The van der Waals surface area contributed by atoms with E-state index < -0.39 is 47.6 Å². The van der Waals surface area contributed by atoms with Gasteiger partial charge in [0.15, 0.2) is 0 Å². The molecule has 2 aliphatic heterocycles. The van der Waals surface area contributed by atoms with Gasteiger partial charge in [0, 0.05) is 13.3 Å². The van der Waals surface area contributed by atoms with Gasteiger partial charge in [-0.3, -0.25) is 34.2 Å². The Bertz CT molecular complexity index is 848. The third-order valence-corrected chi connectivity index (χ3v) is 4.34. The van der Waals surface area contributed by atoms with Gasteiger partial charge in [0.1, 0.15) is 11.6 Å². The topological polar surface area (TPSA) is 133 Å². The molecule has 3 rings (SSSR count). The molecule has 2 heterocycles. The molecule has 1 fully saturated rings. The van der Waals surface area contributed by atoms with Crippen LogP contribution in [0, 0.1) is 0 Å². The Hall–Kier alpha value is -3.07. The van der Waals surface area contributed by atoms with Crippen LogP contribution in [0.25, 0.3) is 0 Å². The molecule has 0 aromatic heterocycles. The molecule has 0 radical (unpaired) electrons. The smallest absolute Gasteiger partial charge is 0.264 e. The lowest BCUT2D eigenvalue weighted by Gasteiger charge is -2.39. The average Bonchev–Trinajstić information content (AvgIpc) is 2.78. The number of anilines is 1. The fourth-order valence-corrected chi connectivity index (χ4v) is 3.11. The Morgan fingerprint density at radius 1 is 1.28 bits per heavy atom. The maximum Gasteiger partial charge on any atom is 0.264 e. The molecule has 0 aliphatic carbocycles. The standard InChI is InChI=1S/C16H15N3O6/c1-7(20)17-9-5-3-4-8-11(9)14(24)19(13(8)23)16(2)6-10(21)12(22)18-15(16)25/h3-5,10,21H,6H2,1-2H3,(H,17,20)(H,18,22,25). The number of benzene rings is 1. The molecule has 3 N–H and O–H groups in total. The van der Waals surface area contributed by atoms with Gasteiger partial charge in [-0.25, -0.2) is 0 Å². The van der Waals surface area contributed by atoms with Gasteiger partial charge < -0.3 is 10.4 Å². The Morgan fingerprint density at radius 2 is 1.96 bits per heavy atom. The molecule has 2 unspecified atom stereocenters. The summed E-state index contributed by atoms with van der Waals surface area (Å²) in [4.78, 5) is 61.4. The molecule has 9 heteroatoms. The number of piperidine rings is 1. The number of rotatable bonds is 2. The van der Waals surface area contributed by atoms with Gasteiger partial charge in [-0.1, -0.05) is 6.07 Å². The lowest BCUT2D eigenvalue weighted by molar-refractivity contribution is -0.148. The van der Waals surface area contributed by atoms with E-state index in [1.54, 1.807) is 0 Å². The lowest BCUT2D eigenvalue weighted by Crippen LogP contribution is -2.66. The zero-order valence-electron chi connectivity index (χ0n) is 13.5.